The number of rotatable bonds is 5. The molecular formula is C11H16BrNOS. The van der Waals surface area contributed by atoms with Crippen LogP contribution in [0.5, 0.6) is 0 Å². The van der Waals surface area contributed by atoms with E-state index in [1.54, 1.807) is 11.3 Å². The third-order valence-corrected chi connectivity index (χ3v) is 3.81. The van der Waals surface area contributed by atoms with Crippen LogP contribution in [0.2, 0.25) is 0 Å². The summed E-state index contributed by atoms with van der Waals surface area (Å²) in [5.41, 5.74) is 0. The van der Waals surface area contributed by atoms with Crippen molar-refractivity contribution in [2.45, 2.75) is 33.1 Å². The van der Waals surface area contributed by atoms with Gasteiger partial charge in [0.2, 0.25) is 5.91 Å². The first-order valence-electron chi connectivity index (χ1n) is 5.24. The Balaban J connectivity index is 2.76. The smallest absolute Gasteiger partial charge is 0.227 e. The molecule has 2 nitrogen and oxygen atoms in total. The van der Waals surface area contributed by atoms with Crippen molar-refractivity contribution in [2.75, 3.05) is 11.4 Å². The van der Waals surface area contributed by atoms with Crippen LogP contribution in [0.1, 0.15) is 33.1 Å². The van der Waals surface area contributed by atoms with E-state index in [1.807, 2.05) is 24.0 Å². The summed E-state index contributed by atoms with van der Waals surface area (Å²) in [6.45, 7) is 4.87. The maximum absolute atomic E-state index is 11.7. The third-order valence-electron chi connectivity index (χ3n) is 2.16. The molecule has 0 spiro atoms. The van der Waals surface area contributed by atoms with E-state index in [9.17, 15) is 4.79 Å². The van der Waals surface area contributed by atoms with Gasteiger partial charge in [0.1, 0.15) is 0 Å². The molecule has 0 saturated heterocycles. The predicted molar refractivity (Wildman–Crippen MR) is 69.6 cm³/mol. The number of hydrogen-bond acceptors (Lipinski definition) is 2. The highest BCUT2D eigenvalue weighted by molar-refractivity contribution is 9.11. The molecule has 0 unspecified atom stereocenters. The van der Waals surface area contributed by atoms with Gasteiger partial charge in [-0.15, -0.1) is 11.3 Å². The first-order valence-corrected chi connectivity index (χ1v) is 6.85. The zero-order valence-electron chi connectivity index (χ0n) is 9.12. The van der Waals surface area contributed by atoms with Crippen molar-refractivity contribution in [1.29, 1.82) is 0 Å². The molecule has 1 aromatic rings. The fourth-order valence-corrected chi connectivity index (χ4v) is 2.72. The molecule has 1 aromatic heterocycles. The van der Waals surface area contributed by atoms with Crippen LogP contribution in [0.15, 0.2) is 15.9 Å². The second kappa shape index (κ2) is 6.28. The van der Waals surface area contributed by atoms with Crippen molar-refractivity contribution in [3.05, 3.63) is 15.9 Å². The number of unbranched alkanes of at least 4 members (excludes halogenated alkanes) is 1. The Hall–Kier alpha value is -0.350. The molecule has 1 amide bonds. The molecule has 0 saturated carbocycles. The summed E-state index contributed by atoms with van der Waals surface area (Å²) < 4.78 is 1.07. The Morgan fingerprint density at radius 2 is 2.20 bits per heavy atom. The van der Waals surface area contributed by atoms with Crippen LogP contribution >= 0.6 is 27.3 Å². The van der Waals surface area contributed by atoms with E-state index in [4.69, 9.17) is 0 Å². The molecule has 0 aromatic carbocycles. The van der Waals surface area contributed by atoms with E-state index in [1.165, 1.54) is 0 Å². The molecular weight excluding hydrogens is 274 g/mol. The van der Waals surface area contributed by atoms with E-state index in [0.29, 0.717) is 6.42 Å². The second-order valence-electron chi connectivity index (χ2n) is 3.33. The lowest BCUT2D eigenvalue weighted by Crippen LogP contribution is -2.30. The minimum absolute atomic E-state index is 0.206. The highest BCUT2D eigenvalue weighted by Gasteiger charge is 2.14. The van der Waals surface area contributed by atoms with E-state index in [2.05, 4.69) is 22.9 Å². The lowest BCUT2D eigenvalue weighted by atomic mass is 10.3. The summed E-state index contributed by atoms with van der Waals surface area (Å²) in [5.74, 6) is 0.206. The number of anilines is 1. The molecule has 15 heavy (non-hydrogen) atoms. The SMILES string of the molecule is CCCCN(C(=O)CC)c1ccc(Br)s1. The van der Waals surface area contributed by atoms with Crippen LogP contribution in [-0.4, -0.2) is 12.5 Å². The summed E-state index contributed by atoms with van der Waals surface area (Å²) in [4.78, 5) is 13.6. The lowest BCUT2D eigenvalue weighted by Gasteiger charge is -2.19. The molecule has 84 valence electrons. The molecule has 0 radical (unpaired) electrons. The number of carbonyl (C=O) groups excluding carboxylic acids is 1. The highest BCUT2D eigenvalue weighted by Crippen LogP contribution is 2.30. The Bertz CT molecular complexity index is 324. The first-order chi connectivity index (χ1) is 7.19. The fourth-order valence-electron chi connectivity index (χ4n) is 1.31. The van der Waals surface area contributed by atoms with Gasteiger partial charge in [0.25, 0.3) is 0 Å². The fraction of sp³-hybridized carbons (Fsp3) is 0.545. The van der Waals surface area contributed by atoms with Crippen LogP contribution in [0.3, 0.4) is 0 Å². The zero-order valence-corrected chi connectivity index (χ0v) is 11.5. The second-order valence-corrected chi connectivity index (χ2v) is 5.77. The van der Waals surface area contributed by atoms with Crippen LogP contribution < -0.4 is 4.90 Å². The molecule has 0 bridgehead atoms. The van der Waals surface area contributed by atoms with Crippen molar-refractivity contribution in [1.82, 2.24) is 0 Å². The molecule has 0 fully saturated rings. The number of hydrogen-bond donors (Lipinski definition) is 0. The Labute approximate surface area is 103 Å². The van der Waals surface area contributed by atoms with Gasteiger partial charge in [0.05, 0.1) is 8.79 Å². The summed E-state index contributed by atoms with van der Waals surface area (Å²) in [6, 6.07) is 3.99. The molecule has 1 heterocycles. The van der Waals surface area contributed by atoms with E-state index in [0.717, 1.165) is 28.2 Å². The van der Waals surface area contributed by atoms with Gasteiger partial charge in [-0.2, -0.15) is 0 Å². The Kier molecular flexibility index (Phi) is 5.32. The molecule has 0 atom stereocenters. The predicted octanol–water partition coefficient (Wildman–Crippen LogP) is 4.05. The average molecular weight is 290 g/mol. The molecule has 4 heteroatoms. The summed E-state index contributed by atoms with van der Waals surface area (Å²) in [7, 11) is 0. The molecule has 0 aliphatic carbocycles. The Morgan fingerprint density at radius 1 is 1.47 bits per heavy atom. The van der Waals surface area contributed by atoms with E-state index in [-0.39, 0.29) is 5.91 Å². The van der Waals surface area contributed by atoms with Gasteiger partial charge in [0, 0.05) is 13.0 Å². The van der Waals surface area contributed by atoms with Gasteiger partial charge in [-0.25, -0.2) is 0 Å². The van der Waals surface area contributed by atoms with E-state index >= 15 is 0 Å². The molecule has 1 rings (SSSR count). The van der Waals surface area contributed by atoms with Crippen LogP contribution in [-0.2, 0) is 4.79 Å². The van der Waals surface area contributed by atoms with Crippen molar-refractivity contribution in [3.63, 3.8) is 0 Å². The van der Waals surface area contributed by atoms with Crippen molar-refractivity contribution in [3.8, 4) is 0 Å². The summed E-state index contributed by atoms with van der Waals surface area (Å²) >= 11 is 5.03. The van der Waals surface area contributed by atoms with Crippen LogP contribution in [0, 0.1) is 0 Å². The van der Waals surface area contributed by atoms with Crippen molar-refractivity contribution in [2.24, 2.45) is 0 Å². The van der Waals surface area contributed by atoms with Crippen LogP contribution in [0.25, 0.3) is 0 Å². The van der Waals surface area contributed by atoms with Crippen LogP contribution in [0.4, 0.5) is 5.00 Å². The summed E-state index contributed by atoms with van der Waals surface area (Å²) in [5, 5.41) is 1.04. The van der Waals surface area contributed by atoms with Gasteiger partial charge >= 0.3 is 0 Å². The zero-order chi connectivity index (χ0) is 11.3. The quantitative estimate of drug-likeness (QED) is 0.801. The largest absolute Gasteiger partial charge is 0.304 e. The van der Waals surface area contributed by atoms with Crippen molar-refractivity contribution < 1.29 is 4.79 Å². The monoisotopic (exact) mass is 289 g/mol. The number of thiophene rings is 1. The Morgan fingerprint density at radius 3 is 2.67 bits per heavy atom. The lowest BCUT2D eigenvalue weighted by molar-refractivity contribution is -0.118. The van der Waals surface area contributed by atoms with E-state index < -0.39 is 0 Å². The number of carbonyl (C=O) groups is 1. The average Bonchev–Trinajstić information content (AvgIpc) is 2.65. The van der Waals surface area contributed by atoms with Gasteiger partial charge in [0.15, 0.2) is 0 Å². The minimum Gasteiger partial charge on any atom is -0.304 e. The summed E-state index contributed by atoms with van der Waals surface area (Å²) in [6.07, 6.45) is 2.74. The van der Waals surface area contributed by atoms with Gasteiger partial charge < -0.3 is 4.90 Å². The van der Waals surface area contributed by atoms with Gasteiger partial charge in [-0.1, -0.05) is 20.3 Å². The minimum atomic E-state index is 0.206. The molecule has 0 aliphatic heterocycles. The topological polar surface area (TPSA) is 20.3 Å². The number of amides is 1. The van der Waals surface area contributed by atoms with Gasteiger partial charge in [-0.3, -0.25) is 4.79 Å². The van der Waals surface area contributed by atoms with Gasteiger partial charge in [-0.05, 0) is 34.5 Å². The highest BCUT2D eigenvalue weighted by atomic mass is 79.9. The molecule has 0 aliphatic rings. The molecule has 0 N–H and O–H groups in total. The maximum atomic E-state index is 11.7. The normalized spacial score (nSPS) is 10.3. The standard InChI is InChI=1S/C11H16BrNOS/c1-3-5-8-13(10(14)4-2)11-7-6-9(12)15-11/h6-7H,3-5,8H2,1-2H3. The maximum Gasteiger partial charge on any atom is 0.227 e. The first kappa shape index (κ1) is 12.7. The van der Waals surface area contributed by atoms with Crippen molar-refractivity contribution >= 4 is 38.2 Å². The number of nitrogens with zero attached hydrogens (tertiary/aromatic N) is 1. The third kappa shape index (κ3) is 3.61. The number of halogens is 1.